The van der Waals surface area contributed by atoms with Gasteiger partial charge in [-0.1, -0.05) is 24.3 Å². The van der Waals surface area contributed by atoms with Crippen LogP contribution in [0.5, 0.6) is 0 Å². The third kappa shape index (κ3) is 3.19. The van der Waals surface area contributed by atoms with E-state index in [2.05, 4.69) is 34.1 Å². The smallest absolute Gasteiger partial charge is 0.262 e. The van der Waals surface area contributed by atoms with Gasteiger partial charge in [-0.05, 0) is 37.8 Å². The maximum Gasteiger partial charge on any atom is 0.262 e. The van der Waals surface area contributed by atoms with Crippen molar-refractivity contribution in [3.63, 3.8) is 0 Å². The zero-order valence-electron chi connectivity index (χ0n) is 15.4. The Hall–Kier alpha value is -1.70. The average Bonchev–Trinajstić information content (AvgIpc) is 3.31. The molecule has 1 aromatic heterocycles. The topological polar surface area (TPSA) is 58.4 Å². The molecule has 1 atom stereocenters. The number of sulfonamides is 1. The first-order valence-corrected chi connectivity index (χ1v) is 10.7. The number of hydrogen-bond donors (Lipinski definition) is 0. The minimum atomic E-state index is -3.51. The molecule has 1 saturated heterocycles. The number of benzene rings is 1. The van der Waals surface area contributed by atoms with Gasteiger partial charge in [0, 0.05) is 44.5 Å². The highest BCUT2D eigenvalue weighted by molar-refractivity contribution is 7.89. The lowest BCUT2D eigenvalue weighted by Crippen LogP contribution is -2.41. The van der Waals surface area contributed by atoms with Crippen LogP contribution in [0.15, 0.2) is 41.8 Å². The van der Waals surface area contributed by atoms with Crippen LogP contribution in [-0.2, 0) is 23.0 Å². The molecule has 0 unspecified atom stereocenters. The largest absolute Gasteiger partial charge is 0.334 e. The average molecular weight is 375 g/mol. The summed E-state index contributed by atoms with van der Waals surface area (Å²) >= 11 is 0. The quantitative estimate of drug-likeness (QED) is 0.824. The van der Waals surface area contributed by atoms with Crippen LogP contribution >= 0.6 is 0 Å². The molecule has 4 rings (SSSR count). The summed E-state index contributed by atoms with van der Waals surface area (Å²) in [6.07, 6.45) is 5.17. The molecular weight excluding hydrogens is 348 g/mol. The lowest BCUT2D eigenvalue weighted by molar-refractivity contribution is 0.185. The predicted molar refractivity (Wildman–Crippen MR) is 100 cm³/mol. The summed E-state index contributed by atoms with van der Waals surface area (Å²) in [5, 5.41) is 0.163. The highest BCUT2D eigenvalue weighted by atomic mass is 32.2. The maximum absolute atomic E-state index is 12.9. The molecule has 2 aliphatic heterocycles. The summed E-state index contributed by atoms with van der Waals surface area (Å²) in [6.45, 7) is 7.06. The Morgan fingerprint density at radius 2 is 1.92 bits per heavy atom. The molecule has 7 heteroatoms. The summed E-state index contributed by atoms with van der Waals surface area (Å²) in [7, 11) is -3.51. The molecule has 1 aromatic carbocycles. The number of fused-ring (bicyclic) bond motifs is 1. The predicted octanol–water partition coefficient (Wildman–Crippen LogP) is 2.29. The third-order valence-electron chi connectivity index (χ3n) is 5.58. The van der Waals surface area contributed by atoms with Crippen LogP contribution in [0.2, 0.25) is 0 Å². The molecule has 0 bridgehead atoms. The van der Waals surface area contributed by atoms with Crippen molar-refractivity contribution >= 4 is 10.0 Å². The molecular formula is C19H26N4O2S. The van der Waals surface area contributed by atoms with Crippen LogP contribution in [0.1, 0.15) is 37.4 Å². The molecule has 2 aliphatic rings. The minimum Gasteiger partial charge on any atom is -0.334 e. The standard InChI is InChI=1S/C19H26N4O2S/c1-15(2)22-13-19(20-14-22)26(24,25)23-10-8-18(12-23)21-9-7-16-5-3-4-6-17(16)11-21/h3-6,13-15,18H,7-12H2,1-2H3/t18-/m0/s1. The first-order valence-electron chi connectivity index (χ1n) is 9.29. The van der Waals surface area contributed by atoms with Gasteiger partial charge in [-0.15, -0.1) is 0 Å². The Labute approximate surface area is 155 Å². The molecule has 0 aliphatic carbocycles. The molecule has 0 spiro atoms. The number of imidazole rings is 1. The van der Waals surface area contributed by atoms with E-state index in [1.807, 2.05) is 18.4 Å². The van der Waals surface area contributed by atoms with Gasteiger partial charge in [0.2, 0.25) is 0 Å². The molecule has 1 fully saturated rings. The van der Waals surface area contributed by atoms with Gasteiger partial charge < -0.3 is 4.57 Å². The van der Waals surface area contributed by atoms with Crippen molar-refractivity contribution in [2.75, 3.05) is 19.6 Å². The number of hydrogen-bond acceptors (Lipinski definition) is 4. The second kappa shape index (κ2) is 6.79. The van der Waals surface area contributed by atoms with Gasteiger partial charge in [-0.3, -0.25) is 4.90 Å². The number of rotatable bonds is 4. The van der Waals surface area contributed by atoms with Crippen LogP contribution < -0.4 is 0 Å². The lowest BCUT2D eigenvalue weighted by Gasteiger charge is -2.33. The molecule has 0 radical (unpaired) electrons. The van der Waals surface area contributed by atoms with Gasteiger partial charge in [0.25, 0.3) is 10.0 Å². The second-order valence-electron chi connectivity index (χ2n) is 7.55. The Morgan fingerprint density at radius 3 is 2.65 bits per heavy atom. The highest BCUT2D eigenvalue weighted by Gasteiger charge is 2.37. The van der Waals surface area contributed by atoms with Crippen molar-refractivity contribution in [1.29, 1.82) is 0 Å². The highest BCUT2D eigenvalue weighted by Crippen LogP contribution is 2.27. The molecule has 6 nitrogen and oxygen atoms in total. The summed E-state index contributed by atoms with van der Waals surface area (Å²) < 4.78 is 29.3. The third-order valence-corrected chi connectivity index (χ3v) is 7.33. The van der Waals surface area contributed by atoms with E-state index in [4.69, 9.17) is 0 Å². The van der Waals surface area contributed by atoms with Crippen LogP contribution in [-0.4, -0.2) is 52.9 Å². The van der Waals surface area contributed by atoms with Crippen molar-refractivity contribution in [1.82, 2.24) is 18.8 Å². The summed E-state index contributed by atoms with van der Waals surface area (Å²) in [4.78, 5) is 6.58. The van der Waals surface area contributed by atoms with Crippen molar-refractivity contribution in [2.24, 2.45) is 0 Å². The molecule has 26 heavy (non-hydrogen) atoms. The van der Waals surface area contributed by atoms with E-state index < -0.39 is 10.0 Å². The van der Waals surface area contributed by atoms with E-state index >= 15 is 0 Å². The fourth-order valence-electron chi connectivity index (χ4n) is 3.92. The SMILES string of the molecule is CC(C)n1cnc(S(=O)(=O)N2CC[C@H](N3CCc4ccccc4C3)C2)c1. The van der Waals surface area contributed by atoms with Crippen molar-refractivity contribution in [3.05, 3.63) is 47.9 Å². The molecule has 0 N–H and O–H groups in total. The first kappa shape index (κ1) is 17.7. The zero-order chi connectivity index (χ0) is 18.3. The Bertz CT molecular complexity index is 890. The van der Waals surface area contributed by atoms with E-state index in [-0.39, 0.29) is 17.1 Å². The first-order chi connectivity index (χ1) is 12.4. The monoisotopic (exact) mass is 374 g/mol. The van der Waals surface area contributed by atoms with Crippen LogP contribution in [0, 0.1) is 0 Å². The lowest BCUT2D eigenvalue weighted by atomic mass is 9.98. The molecule has 140 valence electrons. The van der Waals surface area contributed by atoms with Gasteiger partial charge in [0.1, 0.15) is 0 Å². The van der Waals surface area contributed by atoms with E-state index in [0.29, 0.717) is 13.1 Å². The normalized spacial score (nSPS) is 22.0. The number of aromatic nitrogens is 2. The second-order valence-corrected chi connectivity index (χ2v) is 9.43. The zero-order valence-corrected chi connectivity index (χ0v) is 16.2. The van der Waals surface area contributed by atoms with Gasteiger partial charge in [-0.25, -0.2) is 13.4 Å². The fraction of sp³-hybridized carbons (Fsp3) is 0.526. The number of nitrogens with zero attached hydrogens (tertiary/aromatic N) is 4. The van der Waals surface area contributed by atoms with Gasteiger partial charge in [0.05, 0.1) is 6.33 Å². The molecule has 0 saturated carbocycles. The van der Waals surface area contributed by atoms with Crippen LogP contribution in [0.25, 0.3) is 0 Å². The summed E-state index contributed by atoms with van der Waals surface area (Å²) in [5.41, 5.74) is 2.79. The van der Waals surface area contributed by atoms with Gasteiger partial charge in [0.15, 0.2) is 5.03 Å². The summed E-state index contributed by atoms with van der Waals surface area (Å²) in [6, 6.07) is 9.04. The minimum absolute atomic E-state index is 0.163. The Balaban J connectivity index is 1.46. The van der Waals surface area contributed by atoms with E-state index in [9.17, 15) is 8.42 Å². The maximum atomic E-state index is 12.9. The van der Waals surface area contributed by atoms with Crippen molar-refractivity contribution in [3.8, 4) is 0 Å². The van der Waals surface area contributed by atoms with Crippen molar-refractivity contribution < 1.29 is 8.42 Å². The van der Waals surface area contributed by atoms with E-state index in [1.165, 1.54) is 11.1 Å². The molecule has 2 aromatic rings. The van der Waals surface area contributed by atoms with E-state index in [1.54, 1.807) is 16.8 Å². The van der Waals surface area contributed by atoms with Crippen LogP contribution in [0.4, 0.5) is 0 Å². The van der Waals surface area contributed by atoms with Crippen LogP contribution in [0.3, 0.4) is 0 Å². The fourth-order valence-corrected chi connectivity index (χ4v) is 5.34. The Kier molecular flexibility index (Phi) is 4.62. The Morgan fingerprint density at radius 1 is 1.15 bits per heavy atom. The van der Waals surface area contributed by atoms with E-state index in [0.717, 1.165) is 25.9 Å². The van der Waals surface area contributed by atoms with Gasteiger partial charge >= 0.3 is 0 Å². The van der Waals surface area contributed by atoms with Gasteiger partial charge in [-0.2, -0.15) is 4.31 Å². The van der Waals surface area contributed by atoms with Crippen molar-refractivity contribution in [2.45, 2.75) is 50.3 Å². The molecule has 0 amide bonds. The molecule has 3 heterocycles. The summed E-state index contributed by atoms with van der Waals surface area (Å²) in [5.74, 6) is 0.